The van der Waals surface area contributed by atoms with Gasteiger partial charge in [-0.3, -0.25) is 4.90 Å². The summed E-state index contributed by atoms with van der Waals surface area (Å²) in [5.74, 6) is -3.57. The SMILES string of the molecule is OCC(F)(F)[C@@H](c1cc(C(F)(F)F)ccc1Br)N1CCNCC1. The van der Waals surface area contributed by atoms with Crippen LogP contribution in [-0.4, -0.2) is 48.7 Å². The van der Waals surface area contributed by atoms with Crippen molar-refractivity contribution in [2.45, 2.75) is 18.1 Å². The van der Waals surface area contributed by atoms with Gasteiger partial charge in [0.25, 0.3) is 5.92 Å². The normalized spacial score (nSPS) is 18.9. The van der Waals surface area contributed by atoms with Crippen LogP contribution in [0.1, 0.15) is 17.2 Å². The van der Waals surface area contributed by atoms with Crippen molar-refractivity contribution in [2.24, 2.45) is 0 Å². The van der Waals surface area contributed by atoms with E-state index in [0.29, 0.717) is 13.1 Å². The summed E-state index contributed by atoms with van der Waals surface area (Å²) >= 11 is 3.06. The smallest absolute Gasteiger partial charge is 0.390 e. The largest absolute Gasteiger partial charge is 0.416 e. The maximum Gasteiger partial charge on any atom is 0.416 e. The van der Waals surface area contributed by atoms with Gasteiger partial charge in [-0.05, 0) is 23.8 Å². The van der Waals surface area contributed by atoms with Crippen molar-refractivity contribution in [3.05, 3.63) is 33.8 Å². The first kappa shape index (κ1) is 18.6. The fraction of sp³-hybridized carbons (Fsp3) is 0.571. The topological polar surface area (TPSA) is 35.5 Å². The lowest BCUT2D eigenvalue weighted by molar-refractivity contribution is -0.138. The zero-order valence-electron chi connectivity index (χ0n) is 12.0. The van der Waals surface area contributed by atoms with Gasteiger partial charge in [0, 0.05) is 30.7 Å². The fourth-order valence-electron chi connectivity index (χ4n) is 2.65. The van der Waals surface area contributed by atoms with Crippen molar-refractivity contribution < 1.29 is 27.1 Å². The maximum atomic E-state index is 14.3. The average Bonchev–Trinajstić information content (AvgIpc) is 2.49. The number of aliphatic hydroxyl groups excluding tert-OH is 1. The highest BCUT2D eigenvalue weighted by atomic mass is 79.9. The first-order valence-corrected chi connectivity index (χ1v) is 7.76. The zero-order valence-corrected chi connectivity index (χ0v) is 13.6. The lowest BCUT2D eigenvalue weighted by Crippen LogP contribution is -2.51. The van der Waals surface area contributed by atoms with Gasteiger partial charge in [-0.2, -0.15) is 13.2 Å². The Morgan fingerprint density at radius 1 is 1.17 bits per heavy atom. The van der Waals surface area contributed by atoms with Crippen molar-refractivity contribution in [1.82, 2.24) is 10.2 Å². The first-order chi connectivity index (χ1) is 10.7. The molecule has 1 aliphatic heterocycles. The number of hydrogen-bond donors (Lipinski definition) is 2. The van der Waals surface area contributed by atoms with Crippen LogP contribution in [0, 0.1) is 0 Å². The Bertz CT molecular complexity index is 546. The van der Waals surface area contributed by atoms with E-state index < -0.39 is 30.3 Å². The van der Waals surface area contributed by atoms with E-state index in [1.165, 1.54) is 4.90 Å². The number of rotatable bonds is 4. The number of alkyl halides is 5. The molecule has 2 N–H and O–H groups in total. The average molecular weight is 403 g/mol. The summed E-state index contributed by atoms with van der Waals surface area (Å²) in [6.07, 6.45) is -4.63. The van der Waals surface area contributed by atoms with Gasteiger partial charge < -0.3 is 10.4 Å². The molecule has 0 aromatic heterocycles. The molecule has 1 saturated heterocycles. The predicted octanol–water partition coefficient (Wildman–Crippen LogP) is 3.04. The molecule has 2 rings (SSSR count). The van der Waals surface area contributed by atoms with Crippen LogP contribution in [-0.2, 0) is 6.18 Å². The second-order valence-corrected chi connectivity index (χ2v) is 6.20. The maximum absolute atomic E-state index is 14.3. The Balaban J connectivity index is 2.50. The van der Waals surface area contributed by atoms with E-state index in [0.717, 1.165) is 18.2 Å². The van der Waals surface area contributed by atoms with Crippen LogP contribution in [0.4, 0.5) is 22.0 Å². The summed E-state index contributed by atoms with van der Waals surface area (Å²) in [7, 11) is 0. The minimum absolute atomic E-state index is 0.155. The van der Waals surface area contributed by atoms with Gasteiger partial charge in [-0.15, -0.1) is 0 Å². The zero-order chi connectivity index (χ0) is 17.3. The highest BCUT2D eigenvalue weighted by molar-refractivity contribution is 9.10. The minimum Gasteiger partial charge on any atom is -0.390 e. The highest BCUT2D eigenvalue weighted by Crippen LogP contribution is 2.42. The molecule has 0 bridgehead atoms. The van der Waals surface area contributed by atoms with Crippen molar-refractivity contribution >= 4 is 15.9 Å². The molecular formula is C14H16BrF5N2O. The molecule has 1 aromatic carbocycles. The van der Waals surface area contributed by atoms with Gasteiger partial charge in [0.2, 0.25) is 0 Å². The number of piperazine rings is 1. The molecule has 3 nitrogen and oxygen atoms in total. The van der Waals surface area contributed by atoms with E-state index in [2.05, 4.69) is 21.2 Å². The van der Waals surface area contributed by atoms with E-state index in [-0.39, 0.29) is 23.1 Å². The quantitative estimate of drug-likeness (QED) is 0.759. The monoisotopic (exact) mass is 402 g/mol. The molecule has 0 radical (unpaired) electrons. The molecule has 1 aromatic rings. The van der Waals surface area contributed by atoms with Crippen LogP contribution in [0.15, 0.2) is 22.7 Å². The van der Waals surface area contributed by atoms with Crippen molar-refractivity contribution in [3.63, 3.8) is 0 Å². The summed E-state index contributed by atoms with van der Waals surface area (Å²) in [5.41, 5.74) is -1.18. The Morgan fingerprint density at radius 2 is 1.78 bits per heavy atom. The Morgan fingerprint density at radius 3 is 2.30 bits per heavy atom. The Kier molecular flexibility index (Phi) is 5.65. The van der Waals surface area contributed by atoms with Crippen LogP contribution in [0.3, 0.4) is 0 Å². The predicted molar refractivity (Wildman–Crippen MR) is 78.4 cm³/mol. The molecule has 1 aliphatic rings. The molecule has 0 spiro atoms. The van der Waals surface area contributed by atoms with Gasteiger partial charge >= 0.3 is 6.18 Å². The fourth-order valence-corrected chi connectivity index (χ4v) is 3.11. The van der Waals surface area contributed by atoms with Crippen molar-refractivity contribution in [2.75, 3.05) is 32.8 Å². The Hall–Kier alpha value is -0.770. The molecule has 1 heterocycles. The first-order valence-electron chi connectivity index (χ1n) is 6.97. The molecule has 0 saturated carbocycles. The molecule has 130 valence electrons. The van der Waals surface area contributed by atoms with Crippen molar-refractivity contribution in [3.8, 4) is 0 Å². The second-order valence-electron chi connectivity index (χ2n) is 5.34. The molecular weight excluding hydrogens is 387 g/mol. The van der Waals surface area contributed by atoms with Gasteiger partial charge in [0.05, 0.1) is 5.56 Å². The molecule has 23 heavy (non-hydrogen) atoms. The van der Waals surface area contributed by atoms with Crippen molar-refractivity contribution in [1.29, 1.82) is 0 Å². The highest BCUT2D eigenvalue weighted by Gasteiger charge is 2.45. The summed E-state index contributed by atoms with van der Waals surface area (Å²) in [5, 5.41) is 12.0. The summed E-state index contributed by atoms with van der Waals surface area (Å²) in [6.45, 7) is -0.0284. The number of hydrogen-bond acceptors (Lipinski definition) is 3. The molecule has 0 unspecified atom stereocenters. The number of aliphatic hydroxyl groups is 1. The summed E-state index contributed by atoms with van der Waals surface area (Å²) in [6, 6.07) is 1.03. The number of halogens is 6. The van der Waals surface area contributed by atoms with Gasteiger partial charge in [0.15, 0.2) is 0 Å². The molecule has 1 fully saturated rings. The summed E-state index contributed by atoms with van der Waals surface area (Å²) < 4.78 is 67.4. The van der Waals surface area contributed by atoms with E-state index >= 15 is 0 Å². The lowest BCUT2D eigenvalue weighted by atomic mass is 9.96. The minimum atomic E-state index is -4.63. The van der Waals surface area contributed by atoms with E-state index in [9.17, 15) is 22.0 Å². The standard InChI is InChI=1S/C14H16BrF5N2O/c15-11-2-1-9(14(18,19)20)7-10(11)12(13(16,17)8-23)22-5-3-21-4-6-22/h1-2,7,12,21,23H,3-6,8H2/t12-/m1/s1. The van der Waals surface area contributed by atoms with E-state index in [1.807, 2.05) is 0 Å². The van der Waals surface area contributed by atoms with Gasteiger partial charge in [-0.25, -0.2) is 8.78 Å². The molecule has 1 atom stereocenters. The number of nitrogens with one attached hydrogen (secondary N) is 1. The second kappa shape index (κ2) is 7.00. The Labute approximate surface area is 138 Å². The number of benzene rings is 1. The third-order valence-corrected chi connectivity index (χ3v) is 4.47. The van der Waals surface area contributed by atoms with Crippen LogP contribution >= 0.6 is 15.9 Å². The molecule has 0 aliphatic carbocycles. The molecule has 0 amide bonds. The van der Waals surface area contributed by atoms with E-state index in [1.54, 1.807) is 0 Å². The van der Waals surface area contributed by atoms with Crippen LogP contribution in [0.5, 0.6) is 0 Å². The van der Waals surface area contributed by atoms with Gasteiger partial charge in [-0.1, -0.05) is 15.9 Å². The van der Waals surface area contributed by atoms with E-state index in [4.69, 9.17) is 5.11 Å². The number of nitrogens with zero attached hydrogens (tertiary/aromatic N) is 1. The summed E-state index contributed by atoms with van der Waals surface area (Å²) in [4.78, 5) is 1.40. The van der Waals surface area contributed by atoms with Crippen LogP contribution in [0.2, 0.25) is 0 Å². The van der Waals surface area contributed by atoms with Crippen LogP contribution in [0.25, 0.3) is 0 Å². The van der Waals surface area contributed by atoms with Crippen LogP contribution < -0.4 is 5.32 Å². The lowest BCUT2D eigenvalue weighted by Gasteiger charge is -2.39. The third-order valence-electron chi connectivity index (χ3n) is 3.75. The van der Waals surface area contributed by atoms with Gasteiger partial charge in [0.1, 0.15) is 12.6 Å². The molecule has 9 heteroatoms. The third kappa shape index (κ3) is 4.20.